The van der Waals surface area contributed by atoms with Crippen LogP contribution >= 0.6 is 0 Å². The summed E-state index contributed by atoms with van der Waals surface area (Å²) in [5, 5.41) is 8.14. The number of likely N-dealkylation sites (tertiary alicyclic amines) is 1. The third-order valence-corrected chi connectivity index (χ3v) is 6.58. The molecule has 0 aliphatic carbocycles. The Morgan fingerprint density at radius 2 is 1.90 bits per heavy atom. The molecular weight excluding hydrogens is 392 g/mol. The molecule has 0 unspecified atom stereocenters. The molecular formula is C23H26N6O2. The average molecular weight is 419 g/mol. The molecule has 1 fully saturated rings. The second-order valence-electron chi connectivity index (χ2n) is 8.52. The fourth-order valence-corrected chi connectivity index (χ4v) is 4.63. The molecule has 8 nitrogen and oxygen atoms in total. The Labute approximate surface area is 180 Å². The second kappa shape index (κ2) is 7.77. The molecule has 1 N–H and O–H groups in total. The van der Waals surface area contributed by atoms with E-state index in [4.69, 9.17) is 0 Å². The molecule has 2 amide bonds. The molecule has 31 heavy (non-hydrogen) atoms. The van der Waals surface area contributed by atoms with Crippen LogP contribution < -0.4 is 0 Å². The number of nitrogens with zero attached hydrogens (tertiary/aromatic N) is 5. The first-order valence-electron chi connectivity index (χ1n) is 10.7. The van der Waals surface area contributed by atoms with E-state index in [-0.39, 0.29) is 17.9 Å². The molecule has 2 aliphatic rings. The van der Waals surface area contributed by atoms with Gasteiger partial charge < -0.3 is 14.7 Å². The van der Waals surface area contributed by atoms with Gasteiger partial charge in [-0.15, -0.1) is 0 Å². The summed E-state index contributed by atoms with van der Waals surface area (Å²) >= 11 is 0. The maximum atomic E-state index is 13.3. The van der Waals surface area contributed by atoms with Crippen LogP contribution in [0.15, 0.2) is 36.5 Å². The number of carbonyl (C=O) groups excluding carboxylic acids is 2. The number of aromatic nitrogens is 3. The molecule has 1 saturated heterocycles. The molecule has 1 aromatic carbocycles. The van der Waals surface area contributed by atoms with Crippen LogP contribution in [0, 0.1) is 0 Å². The number of pyridine rings is 1. The molecule has 0 saturated carbocycles. The zero-order valence-corrected chi connectivity index (χ0v) is 17.8. The van der Waals surface area contributed by atoms with Crippen molar-refractivity contribution < 1.29 is 9.59 Å². The van der Waals surface area contributed by atoms with Gasteiger partial charge in [-0.2, -0.15) is 5.10 Å². The Kier molecular flexibility index (Phi) is 4.94. The number of rotatable bonds is 3. The van der Waals surface area contributed by atoms with Crippen LogP contribution in [0.5, 0.6) is 0 Å². The Morgan fingerprint density at radius 3 is 2.71 bits per heavy atom. The summed E-state index contributed by atoms with van der Waals surface area (Å²) in [4.78, 5) is 36.7. The standard InChI is InChI=1S/C23H26N6O2/c1-27-11-8-15(9-12-27)28(2)23(31)21-18-13-29(14-20(18)25-26-21)22(30)17-7-10-24-19-6-4-3-5-16(17)19/h3-7,10,15H,8-9,11-14H2,1-2H3,(H,25,26). The van der Waals surface area contributed by atoms with Crippen molar-refractivity contribution >= 4 is 22.7 Å². The summed E-state index contributed by atoms with van der Waals surface area (Å²) in [6.07, 6.45) is 3.59. The van der Waals surface area contributed by atoms with Crippen molar-refractivity contribution in [1.29, 1.82) is 0 Å². The van der Waals surface area contributed by atoms with Gasteiger partial charge in [0, 0.05) is 30.2 Å². The maximum absolute atomic E-state index is 13.3. The molecule has 8 heteroatoms. The summed E-state index contributed by atoms with van der Waals surface area (Å²) in [6.45, 7) is 2.78. The van der Waals surface area contributed by atoms with Crippen LogP contribution in [-0.2, 0) is 13.1 Å². The van der Waals surface area contributed by atoms with Crippen molar-refractivity contribution in [2.45, 2.75) is 32.0 Å². The highest BCUT2D eigenvalue weighted by Crippen LogP contribution is 2.28. The third kappa shape index (κ3) is 3.46. The summed E-state index contributed by atoms with van der Waals surface area (Å²) in [5.74, 6) is -0.138. The van der Waals surface area contributed by atoms with Gasteiger partial charge >= 0.3 is 0 Å². The Balaban J connectivity index is 1.35. The predicted octanol–water partition coefficient (Wildman–Crippen LogP) is 2.28. The van der Waals surface area contributed by atoms with Crippen LogP contribution in [0.2, 0.25) is 0 Å². The van der Waals surface area contributed by atoms with E-state index in [0.717, 1.165) is 48.1 Å². The zero-order valence-electron chi connectivity index (χ0n) is 17.8. The number of benzene rings is 1. The minimum atomic E-state index is -0.0734. The van der Waals surface area contributed by atoms with Gasteiger partial charge in [0.15, 0.2) is 5.69 Å². The van der Waals surface area contributed by atoms with Gasteiger partial charge in [-0.1, -0.05) is 18.2 Å². The maximum Gasteiger partial charge on any atom is 0.274 e. The van der Waals surface area contributed by atoms with E-state index in [9.17, 15) is 9.59 Å². The van der Waals surface area contributed by atoms with E-state index in [0.29, 0.717) is 24.3 Å². The zero-order chi connectivity index (χ0) is 21.5. The fourth-order valence-electron chi connectivity index (χ4n) is 4.63. The highest BCUT2D eigenvalue weighted by molar-refractivity contribution is 6.06. The number of carbonyl (C=O) groups is 2. The van der Waals surface area contributed by atoms with Crippen molar-refractivity contribution in [3.63, 3.8) is 0 Å². The smallest absolute Gasteiger partial charge is 0.274 e. The SMILES string of the molecule is CN1CCC(N(C)C(=O)c2n[nH]c3c2CN(C(=O)c2ccnc4ccccc24)C3)CC1. The fraction of sp³-hybridized carbons (Fsp3) is 0.391. The number of nitrogens with one attached hydrogen (secondary N) is 1. The Morgan fingerprint density at radius 1 is 1.13 bits per heavy atom. The van der Waals surface area contributed by atoms with Crippen molar-refractivity contribution in [3.05, 3.63) is 59.0 Å². The third-order valence-electron chi connectivity index (χ3n) is 6.58. The number of piperidine rings is 1. The van der Waals surface area contributed by atoms with Gasteiger partial charge in [0.05, 0.1) is 29.9 Å². The largest absolute Gasteiger partial charge is 0.337 e. The topological polar surface area (TPSA) is 85.4 Å². The van der Waals surface area contributed by atoms with Gasteiger partial charge in [-0.25, -0.2) is 0 Å². The normalized spacial score (nSPS) is 17.2. The number of fused-ring (bicyclic) bond motifs is 2. The lowest BCUT2D eigenvalue weighted by Gasteiger charge is -2.34. The van der Waals surface area contributed by atoms with Crippen molar-refractivity contribution in [2.75, 3.05) is 27.2 Å². The quantitative estimate of drug-likeness (QED) is 0.705. The van der Waals surface area contributed by atoms with Crippen molar-refractivity contribution in [2.24, 2.45) is 0 Å². The number of para-hydroxylation sites is 1. The van der Waals surface area contributed by atoms with Crippen LogP contribution in [0.3, 0.4) is 0 Å². The summed E-state index contributed by atoms with van der Waals surface area (Å²) in [5.41, 5.74) is 3.53. The Hall–Kier alpha value is -3.26. The van der Waals surface area contributed by atoms with E-state index in [1.807, 2.05) is 36.2 Å². The lowest BCUT2D eigenvalue weighted by Crippen LogP contribution is -2.44. The number of H-pyrrole nitrogens is 1. The molecule has 0 bridgehead atoms. The van der Waals surface area contributed by atoms with E-state index in [1.54, 1.807) is 17.2 Å². The number of aromatic amines is 1. The molecule has 4 heterocycles. The van der Waals surface area contributed by atoms with Crippen LogP contribution in [-0.4, -0.2) is 74.9 Å². The highest BCUT2D eigenvalue weighted by atomic mass is 16.2. The van der Waals surface area contributed by atoms with E-state index >= 15 is 0 Å². The van der Waals surface area contributed by atoms with Crippen LogP contribution in [0.1, 0.15) is 44.9 Å². The lowest BCUT2D eigenvalue weighted by atomic mass is 10.0. The van der Waals surface area contributed by atoms with E-state index in [2.05, 4.69) is 27.1 Å². The first kappa shape index (κ1) is 19.7. The average Bonchev–Trinajstić information content (AvgIpc) is 3.39. The number of hydrogen-bond acceptors (Lipinski definition) is 5. The van der Waals surface area contributed by atoms with E-state index < -0.39 is 0 Å². The van der Waals surface area contributed by atoms with Crippen LogP contribution in [0.4, 0.5) is 0 Å². The molecule has 160 valence electrons. The summed E-state index contributed by atoms with van der Waals surface area (Å²) in [6, 6.07) is 9.62. The number of amides is 2. The van der Waals surface area contributed by atoms with Gasteiger partial charge in [0.25, 0.3) is 11.8 Å². The van der Waals surface area contributed by atoms with E-state index in [1.165, 1.54) is 0 Å². The first-order valence-corrected chi connectivity index (χ1v) is 10.7. The van der Waals surface area contributed by atoms with Gasteiger partial charge in [-0.05, 0) is 45.1 Å². The minimum Gasteiger partial charge on any atom is -0.337 e. The number of hydrogen-bond donors (Lipinski definition) is 1. The first-order chi connectivity index (χ1) is 15.0. The summed E-state index contributed by atoms with van der Waals surface area (Å²) < 4.78 is 0. The molecule has 0 atom stereocenters. The summed E-state index contributed by atoms with van der Waals surface area (Å²) in [7, 11) is 3.97. The molecule has 0 spiro atoms. The monoisotopic (exact) mass is 418 g/mol. The highest BCUT2D eigenvalue weighted by Gasteiger charge is 2.34. The minimum absolute atomic E-state index is 0.0646. The van der Waals surface area contributed by atoms with Gasteiger partial charge in [-0.3, -0.25) is 19.7 Å². The molecule has 0 radical (unpaired) electrons. The molecule has 2 aliphatic heterocycles. The van der Waals surface area contributed by atoms with Crippen molar-refractivity contribution in [1.82, 2.24) is 29.9 Å². The molecule has 5 rings (SSSR count). The van der Waals surface area contributed by atoms with Gasteiger partial charge in [0.2, 0.25) is 0 Å². The van der Waals surface area contributed by atoms with Gasteiger partial charge in [0.1, 0.15) is 0 Å². The second-order valence-corrected chi connectivity index (χ2v) is 8.52. The molecule has 2 aromatic heterocycles. The lowest BCUT2D eigenvalue weighted by molar-refractivity contribution is 0.0647. The predicted molar refractivity (Wildman–Crippen MR) is 117 cm³/mol. The van der Waals surface area contributed by atoms with Crippen LogP contribution in [0.25, 0.3) is 10.9 Å². The Bertz CT molecular complexity index is 1140. The molecule has 3 aromatic rings. The van der Waals surface area contributed by atoms with Crippen molar-refractivity contribution in [3.8, 4) is 0 Å².